The van der Waals surface area contributed by atoms with Gasteiger partial charge in [0.2, 0.25) is 0 Å². The Balaban J connectivity index is 1.75. The van der Waals surface area contributed by atoms with Crippen molar-refractivity contribution in [1.82, 2.24) is 10.6 Å². The highest BCUT2D eigenvalue weighted by atomic mass is 35.5. The van der Waals surface area contributed by atoms with Crippen LogP contribution in [0.3, 0.4) is 0 Å². The van der Waals surface area contributed by atoms with Crippen molar-refractivity contribution in [3.63, 3.8) is 0 Å². The summed E-state index contributed by atoms with van der Waals surface area (Å²) in [5.41, 5.74) is 3.93. The average Bonchev–Trinajstić information content (AvgIpc) is 2.78. The highest BCUT2D eigenvalue weighted by Crippen LogP contribution is 2.36. The van der Waals surface area contributed by atoms with Crippen LogP contribution in [-0.2, 0) is 11.4 Å². The van der Waals surface area contributed by atoms with E-state index in [1.54, 1.807) is 6.92 Å². The number of hydrogen-bond donors (Lipinski definition) is 2. The van der Waals surface area contributed by atoms with Crippen LogP contribution in [0.1, 0.15) is 29.7 Å². The van der Waals surface area contributed by atoms with Crippen molar-refractivity contribution in [1.29, 1.82) is 0 Å². The van der Waals surface area contributed by atoms with Crippen molar-refractivity contribution in [2.75, 3.05) is 0 Å². The van der Waals surface area contributed by atoms with Gasteiger partial charge in [-0.2, -0.15) is 0 Å². The SMILES string of the molecule is CC(=O)C1=C(c2ccccc2)NC(=S)N[C@@H]1c1ccccc1OCc1ccccc1Cl. The molecule has 0 aliphatic carbocycles. The lowest BCUT2D eigenvalue weighted by molar-refractivity contribution is -0.113. The van der Waals surface area contributed by atoms with E-state index in [0.29, 0.717) is 33.8 Å². The zero-order chi connectivity index (χ0) is 21.8. The number of carbonyl (C=O) groups excluding carboxylic acids is 1. The maximum atomic E-state index is 12.8. The van der Waals surface area contributed by atoms with Crippen LogP contribution in [0.4, 0.5) is 0 Å². The quantitative estimate of drug-likeness (QED) is 0.492. The third-order valence-corrected chi connectivity index (χ3v) is 5.67. The highest BCUT2D eigenvalue weighted by Gasteiger charge is 2.31. The van der Waals surface area contributed by atoms with Gasteiger partial charge < -0.3 is 15.4 Å². The molecular weight excluding hydrogens is 428 g/mol. The molecule has 0 bridgehead atoms. The van der Waals surface area contributed by atoms with Gasteiger partial charge in [0, 0.05) is 21.7 Å². The predicted molar refractivity (Wildman–Crippen MR) is 128 cm³/mol. The summed E-state index contributed by atoms with van der Waals surface area (Å²) in [7, 11) is 0. The fourth-order valence-electron chi connectivity index (χ4n) is 3.63. The molecule has 156 valence electrons. The van der Waals surface area contributed by atoms with Crippen molar-refractivity contribution >= 4 is 40.4 Å². The van der Waals surface area contributed by atoms with Crippen LogP contribution in [0.5, 0.6) is 5.75 Å². The Kier molecular flexibility index (Phi) is 6.35. The molecule has 31 heavy (non-hydrogen) atoms. The second kappa shape index (κ2) is 9.33. The zero-order valence-electron chi connectivity index (χ0n) is 16.9. The van der Waals surface area contributed by atoms with Crippen LogP contribution in [0.25, 0.3) is 5.70 Å². The number of ketones is 1. The van der Waals surface area contributed by atoms with Gasteiger partial charge in [-0.3, -0.25) is 4.79 Å². The number of Topliss-reactive ketones (excluding diaryl/α,β-unsaturated/α-hetero) is 1. The van der Waals surface area contributed by atoms with E-state index in [-0.39, 0.29) is 5.78 Å². The smallest absolute Gasteiger partial charge is 0.171 e. The molecule has 1 heterocycles. The summed E-state index contributed by atoms with van der Waals surface area (Å²) in [6, 6.07) is 24.5. The number of hydrogen-bond acceptors (Lipinski definition) is 3. The first-order valence-electron chi connectivity index (χ1n) is 9.87. The molecule has 3 aromatic carbocycles. The molecule has 2 N–H and O–H groups in total. The number of halogens is 1. The number of thiocarbonyl (C=S) groups is 1. The number of nitrogens with one attached hydrogen (secondary N) is 2. The van der Waals surface area contributed by atoms with Gasteiger partial charge in [0.25, 0.3) is 0 Å². The Hall–Kier alpha value is -3.15. The van der Waals surface area contributed by atoms with E-state index in [0.717, 1.165) is 16.7 Å². The summed E-state index contributed by atoms with van der Waals surface area (Å²) in [5.74, 6) is 0.614. The monoisotopic (exact) mass is 448 g/mol. The minimum atomic E-state index is -0.441. The molecule has 1 aliphatic rings. The molecule has 0 fully saturated rings. The molecule has 0 radical (unpaired) electrons. The van der Waals surface area contributed by atoms with Crippen molar-refractivity contribution in [3.05, 3.63) is 106 Å². The van der Waals surface area contributed by atoms with Gasteiger partial charge in [0.15, 0.2) is 10.9 Å². The molecule has 0 aromatic heterocycles. The zero-order valence-corrected chi connectivity index (χ0v) is 18.5. The first-order valence-corrected chi connectivity index (χ1v) is 10.7. The van der Waals surface area contributed by atoms with Gasteiger partial charge >= 0.3 is 0 Å². The van der Waals surface area contributed by atoms with E-state index in [9.17, 15) is 4.79 Å². The summed E-state index contributed by atoms with van der Waals surface area (Å²) in [6.07, 6.45) is 0. The number of rotatable bonds is 6. The van der Waals surface area contributed by atoms with E-state index < -0.39 is 6.04 Å². The van der Waals surface area contributed by atoms with E-state index in [1.165, 1.54) is 0 Å². The molecule has 0 unspecified atom stereocenters. The fraction of sp³-hybridized carbons (Fsp3) is 0.120. The third-order valence-electron chi connectivity index (χ3n) is 5.08. The largest absolute Gasteiger partial charge is 0.488 e. The predicted octanol–water partition coefficient (Wildman–Crippen LogP) is 5.44. The van der Waals surface area contributed by atoms with Crippen LogP contribution in [0.2, 0.25) is 5.02 Å². The normalized spacial score (nSPS) is 15.8. The molecule has 1 atom stereocenters. The second-order valence-corrected chi connectivity index (χ2v) is 7.98. The standard InChI is InChI=1S/C25H21ClN2O2S/c1-16(29)22-23(17-9-3-2-4-10-17)27-25(31)28-24(22)19-12-6-8-14-21(19)30-15-18-11-5-7-13-20(18)26/h2-14,24H,15H2,1H3,(H2,27,28,31)/t24-/m1/s1. The average molecular weight is 449 g/mol. The van der Waals surface area contributed by atoms with Crippen molar-refractivity contribution in [3.8, 4) is 5.75 Å². The lowest BCUT2D eigenvalue weighted by Crippen LogP contribution is -2.44. The Morgan fingerprint density at radius 3 is 2.42 bits per heavy atom. The van der Waals surface area contributed by atoms with Crippen LogP contribution >= 0.6 is 23.8 Å². The summed E-state index contributed by atoms with van der Waals surface area (Å²) < 4.78 is 6.14. The first-order chi connectivity index (χ1) is 15.0. The molecule has 4 nitrogen and oxygen atoms in total. The van der Waals surface area contributed by atoms with Crippen LogP contribution in [0.15, 0.2) is 84.4 Å². The van der Waals surface area contributed by atoms with Crippen molar-refractivity contribution in [2.24, 2.45) is 0 Å². The van der Waals surface area contributed by atoms with Crippen LogP contribution in [0, 0.1) is 0 Å². The number of carbonyl (C=O) groups is 1. The maximum absolute atomic E-state index is 12.8. The highest BCUT2D eigenvalue weighted by molar-refractivity contribution is 7.80. The maximum Gasteiger partial charge on any atom is 0.171 e. The van der Waals surface area contributed by atoms with E-state index in [1.807, 2.05) is 78.9 Å². The molecule has 1 aliphatic heterocycles. The number of para-hydroxylation sites is 1. The Labute approximate surface area is 191 Å². The van der Waals surface area contributed by atoms with Gasteiger partial charge in [-0.15, -0.1) is 0 Å². The third kappa shape index (κ3) is 4.63. The first kappa shape index (κ1) is 21.1. The Morgan fingerprint density at radius 2 is 1.68 bits per heavy atom. The summed E-state index contributed by atoms with van der Waals surface area (Å²) >= 11 is 11.8. The summed E-state index contributed by atoms with van der Waals surface area (Å²) in [6.45, 7) is 1.88. The number of benzene rings is 3. The number of ether oxygens (including phenoxy) is 1. The summed E-state index contributed by atoms with van der Waals surface area (Å²) in [4.78, 5) is 12.8. The van der Waals surface area contributed by atoms with E-state index in [2.05, 4.69) is 10.6 Å². The van der Waals surface area contributed by atoms with E-state index in [4.69, 9.17) is 28.6 Å². The van der Waals surface area contributed by atoms with Gasteiger partial charge in [-0.1, -0.05) is 78.3 Å². The van der Waals surface area contributed by atoms with Crippen molar-refractivity contribution < 1.29 is 9.53 Å². The molecule has 3 aromatic rings. The van der Waals surface area contributed by atoms with Crippen molar-refractivity contribution in [2.45, 2.75) is 19.6 Å². The van der Waals surface area contributed by atoms with Gasteiger partial charge in [0.05, 0.1) is 11.7 Å². The fourth-order valence-corrected chi connectivity index (χ4v) is 4.04. The molecular formula is C25H21ClN2O2S. The Morgan fingerprint density at radius 1 is 1.00 bits per heavy atom. The van der Waals surface area contributed by atoms with Crippen LogP contribution < -0.4 is 15.4 Å². The lowest BCUT2D eigenvalue weighted by atomic mass is 9.90. The summed E-state index contributed by atoms with van der Waals surface area (Å²) in [5, 5.41) is 7.52. The van der Waals surface area contributed by atoms with Gasteiger partial charge in [-0.05, 0) is 36.8 Å². The lowest BCUT2D eigenvalue weighted by Gasteiger charge is -2.32. The molecule has 4 rings (SSSR count). The minimum absolute atomic E-state index is 0.0488. The topological polar surface area (TPSA) is 50.4 Å². The molecule has 0 saturated heterocycles. The minimum Gasteiger partial charge on any atom is -0.488 e. The molecule has 0 saturated carbocycles. The molecule has 0 spiro atoms. The van der Waals surface area contributed by atoms with Crippen LogP contribution in [-0.4, -0.2) is 10.9 Å². The van der Waals surface area contributed by atoms with Gasteiger partial charge in [-0.25, -0.2) is 0 Å². The van der Waals surface area contributed by atoms with Gasteiger partial charge in [0.1, 0.15) is 12.4 Å². The Bertz CT molecular complexity index is 1160. The molecule has 0 amide bonds. The molecule has 6 heteroatoms. The van der Waals surface area contributed by atoms with E-state index >= 15 is 0 Å². The second-order valence-electron chi connectivity index (χ2n) is 7.16.